The molecule has 1 aliphatic carbocycles. The van der Waals surface area contributed by atoms with E-state index in [0.717, 1.165) is 34.6 Å². The second-order valence-corrected chi connectivity index (χ2v) is 7.10. The minimum atomic E-state index is -0.220. The van der Waals surface area contributed by atoms with E-state index in [1.165, 1.54) is 12.1 Å². The van der Waals surface area contributed by atoms with E-state index in [1.807, 2.05) is 30.1 Å². The van der Waals surface area contributed by atoms with Crippen molar-refractivity contribution in [1.82, 2.24) is 24.2 Å². The third-order valence-corrected chi connectivity index (χ3v) is 4.85. The SMILES string of the molecule is CN(Cc1ccc(F)cc1)Cn1nc(-c2cccnc2)n(C2CC2)c1=S. The zero-order valence-electron chi connectivity index (χ0n) is 14.5. The molecule has 26 heavy (non-hydrogen) atoms. The number of halogens is 1. The van der Waals surface area contributed by atoms with Crippen LogP contribution < -0.4 is 0 Å². The molecule has 0 saturated heterocycles. The molecule has 134 valence electrons. The van der Waals surface area contributed by atoms with Gasteiger partial charge in [0.2, 0.25) is 0 Å². The van der Waals surface area contributed by atoms with Crippen molar-refractivity contribution in [3.05, 3.63) is 64.9 Å². The molecule has 0 aliphatic heterocycles. The Bertz CT molecular complexity index is 944. The van der Waals surface area contributed by atoms with Crippen molar-refractivity contribution < 1.29 is 4.39 Å². The average Bonchev–Trinajstić information content (AvgIpc) is 3.43. The van der Waals surface area contributed by atoms with E-state index in [4.69, 9.17) is 17.3 Å². The van der Waals surface area contributed by atoms with Crippen LogP contribution in [-0.4, -0.2) is 31.3 Å². The number of hydrogen-bond acceptors (Lipinski definition) is 4. The second kappa shape index (κ2) is 7.09. The number of pyridine rings is 1. The van der Waals surface area contributed by atoms with Gasteiger partial charge in [0.25, 0.3) is 0 Å². The molecule has 1 saturated carbocycles. The van der Waals surface area contributed by atoms with Gasteiger partial charge in [0.15, 0.2) is 10.6 Å². The van der Waals surface area contributed by atoms with Crippen molar-refractivity contribution in [2.45, 2.75) is 32.1 Å². The Hall–Kier alpha value is -2.38. The van der Waals surface area contributed by atoms with E-state index in [-0.39, 0.29) is 5.82 Å². The van der Waals surface area contributed by atoms with Crippen LogP contribution in [-0.2, 0) is 13.2 Å². The zero-order valence-corrected chi connectivity index (χ0v) is 15.4. The van der Waals surface area contributed by atoms with Gasteiger partial charge in [-0.3, -0.25) is 14.5 Å². The summed E-state index contributed by atoms with van der Waals surface area (Å²) in [7, 11) is 2.00. The summed E-state index contributed by atoms with van der Waals surface area (Å²) in [6.45, 7) is 1.27. The molecule has 1 aromatic carbocycles. The predicted molar refractivity (Wildman–Crippen MR) is 100 cm³/mol. The highest BCUT2D eigenvalue weighted by Gasteiger charge is 2.29. The van der Waals surface area contributed by atoms with Gasteiger partial charge in [-0.1, -0.05) is 12.1 Å². The third kappa shape index (κ3) is 3.59. The fourth-order valence-electron chi connectivity index (χ4n) is 3.05. The molecule has 0 spiro atoms. The van der Waals surface area contributed by atoms with Crippen molar-refractivity contribution in [2.75, 3.05) is 7.05 Å². The standard InChI is InChI=1S/C19H20FN5S/c1-23(12-14-4-6-16(20)7-5-14)13-24-19(26)25(17-8-9-17)18(22-24)15-3-2-10-21-11-15/h2-7,10-11,17H,8-9,12-13H2,1H3. The molecule has 0 atom stereocenters. The quantitative estimate of drug-likeness (QED) is 0.615. The molecule has 5 nitrogen and oxygen atoms in total. The van der Waals surface area contributed by atoms with Gasteiger partial charge in [-0.05, 0) is 61.9 Å². The lowest BCUT2D eigenvalue weighted by Gasteiger charge is -2.16. The Balaban J connectivity index is 1.58. The van der Waals surface area contributed by atoms with Crippen LogP contribution in [0.25, 0.3) is 11.4 Å². The number of aromatic nitrogens is 4. The first-order valence-corrected chi connectivity index (χ1v) is 9.05. The largest absolute Gasteiger partial charge is 0.297 e. The summed E-state index contributed by atoms with van der Waals surface area (Å²) in [5.74, 6) is 0.656. The first kappa shape index (κ1) is 17.1. The van der Waals surface area contributed by atoms with Gasteiger partial charge in [0.1, 0.15) is 5.82 Å². The van der Waals surface area contributed by atoms with Crippen LogP contribution in [0.5, 0.6) is 0 Å². The predicted octanol–water partition coefficient (Wildman–Crippen LogP) is 4.04. The lowest BCUT2D eigenvalue weighted by molar-refractivity contribution is 0.243. The van der Waals surface area contributed by atoms with Crippen molar-refractivity contribution in [3.8, 4) is 11.4 Å². The van der Waals surface area contributed by atoms with E-state index < -0.39 is 0 Å². The van der Waals surface area contributed by atoms with E-state index in [9.17, 15) is 4.39 Å². The van der Waals surface area contributed by atoms with E-state index >= 15 is 0 Å². The van der Waals surface area contributed by atoms with Crippen LogP contribution in [0.4, 0.5) is 4.39 Å². The summed E-state index contributed by atoms with van der Waals surface area (Å²) < 4.78 is 17.8. The van der Waals surface area contributed by atoms with Crippen LogP contribution in [0.2, 0.25) is 0 Å². The van der Waals surface area contributed by atoms with Crippen LogP contribution in [0, 0.1) is 10.6 Å². The molecule has 0 unspecified atom stereocenters. The van der Waals surface area contributed by atoms with Crippen LogP contribution in [0.1, 0.15) is 24.4 Å². The van der Waals surface area contributed by atoms with E-state index in [1.54, 1.807) is 18.3 Å². The third-order valence-electron chi connectivity index (χ3n) is 4.44. The van der Waals surface area contributed by atoms with Crippen molar-refractivity contribution in [3.63, 3.8) is 0 Å². The maximum atomic E-state index is 13.1. The topological polar surface area (TPSA) is 38.9 Å². The Morgan fingerprint density at radius 1 is 1.23 bits per heavy atom. The Labute approximate surface area is 156 Å². The number of benzene rings is 1. The minimum absolute atomic E-state index is 0.220. The highest BCUT2D eigenvalue weighted by Crippen LogP contribution is 2.38. The molecule has 0 bridgehead atoms. The van der Waals surface area contributed by atoms with Crippen molar-refractivity contribution in [1.29, 1.82) is 0 Å². The highest BCUT2D eigenvalue weighted by atomic mass is 32.1. The number of hydrogen-bond donors (Lipinski definition) is 0. The van der Waals surface area contributed by atoms with Crippen molar-refractivity contribution in [2.24, 2.45) is 0 Å². The van der Waals surface area contributed by atoms with Gasteiger partial charge in [-0.25, -0.2) is 9.07 Å². The maximum absolute atomic E-state index is 13.1. The molecule has 1 fully saturated rings. The summed E-state index contributed by atoms with van der Waals surface area (Å²) in [5, 5.41) is 4.77. The maximum Gasteiger partial charge on any atom is 0.199 e. The fourth-order valence-corrected chi connectivity index (χ4v) is 3.38. The summed E-state index contributed by atoms with van der Waals surface area (Å²) in [5.41, 5.74) is 2.03. The Morgan fingerprint density at radius 2 is 2.00 bits per heavy atom. The summed E-state index contributed by atoms with van der Waals surface area (Å²) in [6, 6.07) is 10.9. The molecule has 4 rings (SSSR count). The lowest BCUT2D eigenvalue weighted by atomic mass is 10.2. The first-order chi connectivity index (χ1) is 12.6. The summed E-state index contributed by atoms with van der Waals surface area (Å²) in [6.07, 6.45) is 5.85. The molecule has 7 heteroatoms. The van der Waals surface area contributed by atoms with Crippen LogP contribution >= 0.6 is 12.2 Å². The van der Waals surface area contributed by atoms with Gasteiger partial charge in [-0.15, -0.1) is 0 Å². The van der Waals surface area contributed by atoms with E-state index in [0.29, 0.717) is 19.3 Å². The average molecular weight is 369 g/mol. The van der Waals surface area contributed by atoms with Crippen molar-refractivity contribution >= 4 is 12.2 Å². The second-order valence-electron chi connectivity index (χ2n) is 6.73. The lowest BCUT2D eigenvalue weighted by Crippen LogP contribution is -2.22. The highest BCUT2D eigenvalue weighted by molar-refractivity contribution is 7.71. The van der Waals surface area contributed by atoms with E-state index in [2.05, 4.69) is 14.5 Å². The van der Waals surface area contributed by atoms with Gasteiger partial charge in [0, 0.05) is 30.5 Å². The monoisotopic (exact) mass is 369 g/mol. The van der Waals surface area contributed by atoms with Crippen LogP contribution in [0.15, 0.2) is 48.8 Å². The molecule has 0 amide bonds. The van der Waals surface area contributed by atoms with Gasteiger partial charge >= 0.3 is 0 Å². The zero-order chi connectivity index (χ0) is 18.1. The molecular formula is C19H20FN5S. The molecule has 2 aromatic heterocycles. The fraction of sp³-hybridized carbons (Fsp3) is 0.316. The van der Waals surface area contributed by atoms with Gasteiger partial charge < -0.3 is 0 Å². The number of nitrogens with zero attached hydrogens (tertiary/aromatic N) is 5. The molecule has 3 aromatic rings. The van der Waals surface area contributed by atoms with Crippen LogP contribution in [0.3, 0.4) is 0 Å². The Kier molecular flexibility index (Phi) is 4.65. The normalized spacial score (nSPS) is 14.1. The molecule has 0 N–H and O–H groups in total. The van der Waals surface area contributed by atoms with Gasteiger partial charge in [-0.2, -0.15) is 5.10 Å². The molecular weight excluding hydrogens is 349 g/mol. The molecule has 2 heterocycles. The summed E-state index contributed by atoms with van der Waals surface area (Å²) >= 11 is 5.70. The number of rotatable bonds is 6. The smallest absolute Gasteiger partial charge is 0.199 e. The first-order valence-electron chi connectivity index (χ1n) is 8.64. The summed E-state index contributed by atoms with van der Waals surface area (Å²) in [4.78, 5) is 6.32. The van der Waals surface area contributed by atoms with Gasteiger partial charge in [0.05, 0.1) is 6.67 Å². The Morgan fingerprint density at radius 3 is 2.65 bits per heavy atom. The molecule has 0 radical (unpaired) electrons. The minimum Gasteiger partial charge on any atom is -0.297 e. The molecule has 1 aliphatic rings.